The molecule has 0 atom stereocenters. The fourth-order valence-corrected chi connectivity index (χ4v) is 6.05. The van der Waals surface area contributed by atoms with Crippen LogP contribution in [0.25, 0.3) is 11.0 Å². The monoisotopic (exact) mass is 540 g/mol. The number of nitrogens with one attached hydrogen (secondary N) is 1. The number of benzene rings is 1. The zero-order valence-corrected chi connectivity index (χ0v) is 21.5. The molecule has 0 unspecified atom stereocenters. The van der Waals surface area contributed by atoms with Gasteiger partial charge in [0, 0.05) is 37.2 Å². The Hall–Kier alpha value is -2.07. The summed E-state index contributed by atoms with van der Waals surface area (Å²) >= 11 is 13.2. The number of fused-ring (bicyclic) bond motifs is 1. The van der Waals surface area contributed by atoms with Gasteiger partial charge >= 0.3 is 6.09 Å². The molecule has 0 radical (unpaired) electrons. The molecule has 1 saturated heterocycles. The van der Waals surface area contributed by atoms with E-state index in [1.165, 1.54) is 17.4 Å². The van der Waals surface area contributed by atoms with E-state index in [1.54, 1.807) is 18.2 Å². The van der Waals surface area contributed by atoms with E-state index in [2.05, 4.69) is 20.3 Å². The SMILES string of the molecule is O=C(N[C@H]1CC[C@H](CCN2CCN(c3noc4c(F)cc(Cl)cc34)CC2)CC1)Oc1ccc(Cl)s1. The normalized spacial score (nSPS) is 21.4. The number of rotatable bonds is 6. The molecule has 3 heterocycles. The topological polar surface area (TPSA) is 70.8 Å². The summed E-state index contributed by atoms with van der Waals surface area (Å²) in [6.45, 7) is 4.52. The minimum absolute atomic E-state index is 0.154. The molecule has 35 heavy (non-hydrogen) atoms. The van der Waals surface area contributed by atoms with E-state index in [-0.39, 0.29) is 11.6 Å². The van der Waals surface area contributed by atoms with E-state index in [9.17, 15) is 9.18 Å². The number of ether oxygens (including phenoxy) is 1. The van der Waals surface area contributed by atoms with Gasteiger partial charge in [-0.1, -0.05) is 39.7 Å². The first-order valence-corrected chi connectivity index (χ1v) is 13.5. The summed E-state index contributed by atoms with van der Waals surface area (Å²) in [5.41, 5.74) is 0.154. The number of hydrogen-bond acceptors (Lipinski definition) is 7. The Morgan fingerprint density at radius 2 is 1.94 bits per heavy atom. The first-order chi connectivity index (χ1) is 16.9. The lowest BCUT2D eigenvalue weighted by atomic mass is 9.84. The highest BCUT2D eigenvalue weighted by Crippen LogP contribution is 2.32. The largest absolute Gasteiger partial charge is 0.413 e. The third kappa shape index (κ3) is 6.02. The van der Waals surface area contributed by atoms with Crippen LogP contribution in [-0.4, -0.2) is 54.9 Å². The number of hydrogen-bond donors (Lipinski definition) is 1. The van der Waals surface area contributed by atoms with Crippen molar-refractivity contribution in [3.63, 3.8) is 0 Å². The Kier molecular flexibility index (Phi) is 7.67. The van der Waals surface area contributed by atoms with Crippen molar-refractivity contribution in [2.45, 2.75) is 38.1 Å². The summed E-state index contributed by atoms with van der Waals surface area (Å²) in [5, 5.41) is 8.56. The van der Waals surface area contributed by atoms with Gasteiger partial charge in [0.2, 0.25) is 5.58 Å². The summed E-state index contributed by atoms with van der Waals surface area (Å²) in [4.78, 5) is 16.7. The molecule has 0 bridgehead atoms. The molecular formula is C24H27Cl2FN4O3S. The lowest BCUT2D eigenvalue weighted by Gasteiger charge is -2.36. The number of amides is 1. The molecule has 7 nitrogen and oxygen atoms in total. The number of piperazine rings is 1. The molecule has 188 valence electrons. The van der Waals surface area contributed by atoms with Crippen molar-refractivity contribution in [1.29, 1.82) is 0 Å². The van der Waals surface area contributed by atoms with E-state index in [1.807, 2.05) is 0 Å². The average molecular weight is 541 g/mol. The van der Waals surface area contributed by atoms with Gasteiger partial charge in [-0.3, -0.25) is 4.90 Å². The molecule has 1 N–H and O–H groups in total. The van der Waals surface area contributed by atoms with Crippen molar-refractivity contribution in [1.82, 2.24) is 15.4 Å². The summed E-state index contributed by atoms with van der Waals surface area (Å²) < 4.78 is 25.2. The Labute approximate surface area is 217 Å². The maximum absolute atomic E-state index is 14.1. The average Bonchev–Trinajstić information content (AvgIpc) is 3.45. The number of anilines is 1. The summed E-state index contributed by atoms with van der Waals surface area (Å²) in [5.74, 6) is 0.842. The molecule has 1 aliphatic carbocycles. The quantitative estimate of drug-likeness (QED) is 0.401. The molecule has 1 amide bonds. The Morgan fingerprint density at radius 3 is 2.66 bits per heavy atom. The van der Waals surface area contributed by atoms with E-state index >= 15 is 0 Å². The lowest BCUT2D eigenvalue weighted by Crippen LogP contribution is -2.47. The Bertz CT molecular complexity index is 1170. The summed E-state index contributed by atoms with van der Waals surface area (Å²) in [7, 11) is 0. The van der Waals surface area contributed by atoms with Crippen LogP contribution >= 0.6 is 34.5 Å². The number of aromatic nitrogens is 1. The first kappa shape index (κ1) is 24.6. The summed E-state index contributed by atoms with van der Waals surface area (Å²) in [6.07, 6.45) is 4.89. The van der Waals surface area contributed by atoms with E-state index < -0.39 is 11.9 Å². The van der Waals surface area contributed by atoms with Crippen molar-refractivity contribution in [3.8, 4) is 5.06 Å². The van der Waals surface area contributed by atoms with Crippen molar-refractivity contribution < 1.29 is 18.4 Å². The fourth-order valence-electron chi connectivity index (χ4n) is 4.97. The van der Waals surface area contributed by atoms with Gasteiger partial charge in [0.15, 0.2) is 16.7 Å². The fraction of sp³-hybridized carbons (Fsp3) is 0.500. The molecular weight excluding hydrogens is 514 g/mol. The van der Waals surface area contributed by atoms with Gasteiger partial charge < -0.3 is 19.5 Å². The first-order valence-electron chi connectivity index (χ1n) is 11.9. The Balaban J connectivity index is 1.02. The van der Waals surface area contributed by atoms with Gasteiger partial charge in [-0.15, -0.1) is 0 Å². The molecule has 3 aromatic rings. The van der Waals surface area contributed by atoms with Crippen LogP contribution in [0.5, 0.6) is 5.06 Å². The molecule has 2 aromatic heterocycles. The molecule has 0 spiro atoms. The number of nitrogens with zero attached hydrogens (tertiary/aromatic N) is 3. The van der Waals surface area contributed by atoms with Gasteiger partial charge in [0.05, 0.1) is 9.72 Å². The van der Waals surface area contributed by atoms with Crippen LogP contribution in [0.1, 0.15) is 32.1 Å². The highest BCUT2D eigenvalue weighted by molar-refractivity contribution is 7.17. The van der Waals surface area contributed by atoms with Crippen LogP contribution < -0.4 is 15.0 Å². The number of halogens is 3. The molecule has 5 rings (SSSR count). The predicted octanol–water partition coefficient (Wildman–Crippen LogP) is 6.19. The van der Waals surface area contributed by atoms with Gasteiger partial charge in [0.1, 0.15) is 0 Å². The lowest BCUT2D eigenvalue weighted by molar-refractivity contribution is 0.183. The van der Waals surface area contributed by atoms with Crippen LogP contribution in [-0.2, 0) is 0 Å². The minimum atomic E-state index is -0.487. The highest BCUT2D eigenvalue weighted by Gasteiger charge is 2.26. The molecule has 1 aromatic carbocycles. The van der Waals surface area contributed by atoms with Gasteiger partial charge in [-0.05, 0) is 68.8 Å². The molecule has 1 aliphatic heterocycles. The van der Waals surface area contributed by atoms with Gasteiger partial charge in [-0.2, -0.15) is 0 Å². The van der Waals surface area contributed by atoms with Gasteiger partial charge in [-0.25, -0.2) is 9.18 Å². The van der Waals surface area contributed by atoms with Crippen LogP contribution in [0.15, 0.2) is 28.8 Å². The van der Waals surface area contributed by atoms with Crippen molar-refractivity contribution in [3.05, 3.63) is 39.4 Å². The van der Waals surface area contributed by atoms with Crippen molar-refractivity contribution >= 4 is 57.4 Å². The standard InChI is InChI=1S/C24H27Cl2FN4O3S/c25-16-13-18-22(19(27)14-16)34-29-23(18)31-11-9-30(10-12-31)8-7-15-1-3-17(4-2-15)28-24(32)33-21-6-5-20(26)35-21/h5-6,13-15,17H,1-4,7-12H2,(H,28,32)/t15-,17-. The number of thiophene rings is 1. The second-order valence-corrected chi connectivity index (χ2v) is 11.3. The van der Waals surface area contributed by atoms with Gasteiger partial charge in [0.25, 0.3) is 0 Å². The second kappa shape index (κ2) is 10.9. The minimum Gasteiger partial charge on any atom is -0.399 e. The van der Waals surface area contributed by atoms with E-state index in [4.69, 9.17) is 32.5 Å². The van der Waals surface area contributed by atoms with Crippen LogP contribution in [0.4, 0.5) is 15.0 Å². The third-order valence-corrected chi connectivity index (χ3v) is 8.24. The third-order valence-electron chi connectivity index (χ3n) is 6.91. The molecule has 2 aliphatic rings. The van der Waals surface area contributed by atoms with E-state index in [0.29, 0.717) is 31.5 Å². The highest BCUT2D eigenvalue weighted by atomic mass is 35.5. The van der Waals surface area contributed by atoms with E-state index in [0.717, 1.165) is 64.8 Å². The molecule has 11 heteroatoms. The Morgan fingerprint density at radius 1 is 1.17 bits per heavy atom. The summed E-state index contributed by atoms with van der Waals surface area (Å²) in [6, 6.07) is 6.53. The smallest absolute Gasteiger partial charge is 0.399 e. The van der Waals surface area contributed by atoms with Crippen LogP contribution in [0.2, 0.25) is 9.36 Å². The number of carbonyl (C=O) groups is 1. The molecule has 2 fully saturated rings. The van der Waals surface area contributed by atoms with Crippen LogP contribution in [0.3, 0.4) is 0 Å². The molecule has 1 saturated carbocycles. The maximum atomic E-state index is 14.1. The zero-order valence-electron chi connectivity index (χ0n) is 19.1. The van der Waals surface area contributed by atoms with Crippen molar-refractivity contribution in [2.24, 2.45) is 5.92 Å². The number of carbonyl (C=O) groups excluding carboxylic acids is 1. The van der Waals surface area contributed by atoms with Crippen molar-refractivity contribution in [2.75, 3.05) is 37.6 Å². The second-order valence-electron chi connectivity index (χ2n) is 9.20. The maximum Gasteiger partial charge on any atom is 0.413 e. The zero-order chi connectivity index (χ0) is 24.4. The predicted molar refractivity (Wildman–Crippen MR) is 136 cm³/mol. The van der Waals surface area contributed by atoms with Crippen LogP contribution in [0, 0.1) is 11.7 Å².